The van der Waals surface area contributed by atoms with Crippen molar-refractivity contribution in [1.82, 2.24) is 0 Å². The summed E-state index contributed by atoms with van der Waals surface area (Å²) in [6.07, 6.45) is 18.8. The molecule has 1 heterocycles. The van der Waals surface area contributed by atoms with Crippen molar-refractivity contribution >= 4 is 16.4 Å². The second kappa shape index (κ2) is 29.4. The van der Waals surface area contributed by atoms with E-state index in [2.05, 4.69) is 30.2 Å². The fourth-order valence-corrected chi connectivity index (χ4v) is 6.23. The number of unbranched alkanes of at least 4 members (excludes halogenated alkanes) is 17. The van der Waals surface area contributed by atoms with Crippen LogP contribution in [0.25, 0.3) is 0 Å². The molecule has 0 aromatic heterocycles. The van der Waals surface area contributed by atoms with Crippen LogP contribution >= 0.6 is 0 Å². The molecule has 0 bridgehead atoms. The van der Waals surface area contributed by atoms with E-state index in [0.717, 1.165) is 51.4 Å². The first kappa shape index (κ1) is 45.9. The summed E-state index contributed by atoms with van der Waals surface area (Å²) in [6, 6.07) is 0. The van der Waals surface area contributed by atoms with Crippen molar-refractivity contribution in [3.8, 4) is 0 Å². The van der Waals surface area contributed by atoms with Gasteiger partial charge in [0, 0.05) is 13.0 Å². The fraction of sp³-hybridized carbons (Fsp3) is 0.917. The Labute approximate surface area is 296 Å². The molecular formula is C36H68O12S. The zero-order valence-electron chi connectivity index (χ0n) is 30.3. The molecule has 13 heteroatoms. The molecule has 12 nitrogen and oxygen atoms in total. The molecule has 1 aliphatic rings. The van der Waals surface area contributed by atoms with Gasteiger partial charge in [-0.15, -0.1) is 0 Å². The topological polar surface area (TPSA) is 178 Å². The Balaban J connectivity index is 2.40. The molecule has 4 N–H and O–H groups in total. The average molecular weight is 725 g/mol. The van der Waals surface area contributed by atoms with Gasteiger partial charge in [-0.3, -0.25) is 9.35 Å². The highest BCUT2D eigenvalue weighted by Crippen LogP contribution is 2.26. The second-order valence-electron chi connectivity index (χ2n) is 13.2. The predicted molar refractivity (Wildman–Crippen MR) is 188 cm³/mol. The number of rotatable bonds is 32. The summed E-state index contributed by atoms with van der Waals surface area (Å²) in [6.45, 7) is 3.86. The maximum Gasteiger partial charge on any atom is 0.397 e. The molecule has 1 aliphatic heterocycles. The molecule has 0 spiro atoms. The highest BCUT2D eigenvalue weighted by atomic mass is 32.3. The third kappa shape index (κ3) is 23.8. The Hall–Kier alpha value is -1.16. The van der Waals surface area contributed by atoms with Crippen LogP contribution in [0.15, 0.2) is 12.2 Å². The van der Waals surface area contributed by atoms with Crippen LogP contribution in [-0.2, 0) is 38.3 Å². The van der Waals surface area contributed by atoms with E-state index in [4.69, 9.17) is 23.5 Å². The van der Waals surface area contributed by atoms with Crippen LogP contribution in [0.1, 0.15) is 149 Å². The minimum atomic E-state index is -5.05. The van der Waals surface area contributed by atoms with Gasteiger partial charge in [0.05, 0.1) is 19.8 Å². The van der Waals surface area contributed by atoms with Gasteiger partial charge in [-0.1, -0.05) is 116 Å². The number of hydrogen-bond donors (Lipinski definition) is 4. The van der Waals surface area contributed by atoms with Crippen molar-refractivity contribution in [3.05, 3.63) is 12.2 Å². The molecule has 0 aliphatic carbocycles. The molecule has 49 heavy (non-hydrogen) atoms. The number of allylic oxidation sites excluding steroid dienone is 2. The van der Waals surface area contributed by atoms with Gasteiger partial charge in [0.1, 0.15) is 30.5 Å². The molecule has 0 radical (unpaired) electrons. The summed E-state index contributed by atoms with van der Waals surface area (Å²) in [5, 5.41) is 30.4. The number of hydrogen-bond acceptors (Lipinski definition) is 11. The molecule has 1 rings (SSSR count). The van der Waals surface area contributed by atoms with Crippen molar-refractivity contribution in [2.24, 2.45) is 0 Å². The van der Waals surface area contributed by atoms with Gasteiger partial charge in [0.25, 0.3) is 0 Å². The minimum absolute atomic E-state index is 0.0343. The Morgan fingerprint density at radius 2 is 1.29 bits per heavy atom. The van der Waals surface area contributed by atoms with E-state index in [-0.39, 0.29) is 19.6 Å². The summed E-state index contributed by atoms with van der Waals surface area (Å²) in [5.41, 5.74) is 0. The molecule has 6 atom stereocenters. The molecular weight excluding hydrogens is 656 g/mol. The van der Waals surface area contributed by atoms with Crippen LogP contribution in [0.4, 0.5) is 0 Å². The highest BCUT2D eigenvalue weighted by molar-refractivity contribution is 7.80. The fourth-order valence-electron chi connectivity index (χ4n) is 5.72. The monoisotopic (exact) mass is 724 g/mol. The third-order valence-electron chi connectivity index (χ3n) is 8.64. The largest absolute Gasteiger partial charge is 0.457 e. The van der Waals surface area contributed by atoms with Gasteiger partial charge in [-0.2, -0.15) is 8.42 Å². The van der Waals surface area contributed by atoms with Crippen molar-refractivity contribution in [2.75, 3.05) is 26.4 Å². The molecule has 290 valence electrons. The number of esters is 1. The van der Waals surface area contributed by atoms with Gasteiger partial charge in [0.2, 0.25) is 0 Å². The maximum absolute atomic E-state index is 12.6. The quantitative estimate of drug-likeness (QED) is 0.0262. The average Bonchev–Trinajstić information content (AvgIpc) is 3.06. The third-order valence-corrected chi connectivity index (χ3v) is 9.10. The summed E-state index contributed by atoms with van der Waals surface area (Å²) >= 11 is 0. The van der Waals surface area contributed by atoms with Crippen LogP contribution in [0.2, 0.25) is 0 Å². The van der Waals surface area contributed by atoms with Gasteiger partial charge in [-0.25, -0.2) is 4.18 Å². The lowest BCUT2D eigenvalue weighted by Gasteiger charge is -2.41. The standard InChI is InChI=1S/C36H68O12S/c1-3-5-7-9-10-11-12-13-14-15-16-17-18-19-20-22-24-26-44-28-30(46-32(38)25-23-21-8-6-4-2)29-45-36-34(40)35(48-49(41,42)43)33(39)31(27-37)47-36/h14-15,30-31,33-37,39-40H,3-13,16-29H2,1-2H3,(H,41,42,43)/b15-14-. The van der Waals surface area contributed by atoms with E-state index >= 15 is 0 Å². The molecule has 1 saturated heterocycles. The number of aliphatic hydroxyl groups excluding tert-OH is 3. The predicted octanol–water partition coefficient (Wildman–Crippen LogP) is 6.35. The molecule has 0 aromatic rings. The number of carbonyl (C=O) groups is 1. The summed E-state index contributed by atoms with van der Waals surface area (Å²) in [4.78, 5) is 12.6. The molecule has 0 saturated carbocycles. The smallest absolute Gasteiger partial charge is 0.397 e. The Kier molecular flexibility index (Phi) is 27.5. The zero-order chi connectivity index (χ0) is 36.2. The van der Waals surface area contributed by atoms with E-state index in [1.165, 1.54) is 70.6 Å². The summed E-state index contributed by atoms with van der Waals surface area (Å²) in [7, 11) is -5.05. The van der Waals surface area contributed by atoms with Crippen molar-refractivity contribution in [1.29, 1.82) is 0 Å². The van der Waals surface area contributed by atoms with Crippen LogP contribution in [-0.4, -0.2) is 97.5 Å². The first-order chi connectivity index (χ1) is 23.6. The highest BCUT2D eigenvalue weighted by Gasteiger charge is 2.48. The van der Waals surface area contributed by atoms with Crippen LogP contribution in [0.3, 0.4) is 0 Å². The van der Waals surface area contributed by atoms with Crippen molar-refractivity contribution < 1.29 is 56.2 Å². The van der Waals surface area contributed by atoms with E-state index in [1.807, 2.05) is 0 Å². The molecule has 0 aromatic carbocycles. The lowest BCUT2D eigenvalue weighted by atomic mass is 9.99. The van der Waals surface area contributed by atoms with Gasteiger partial charge in [0.15, 0.2) is 6.29 Å². The Morgan fingerprint density at radius 3 is 1.84 bits per heavy atom. The first-order valence-electron chi connectivity index (χ1n) is 18.9. The van der Waals surface area contributed by atoms with E-state index in [1.54, 1.807) is 0 Å². The normalized spacial score (nSPS) is 22.1. The molecule has 1 fully saturated rings. The van der Waals surface area contributed by atoms with Gasteiger partial charge < -0.3 is 34.3 Å². The van der Waals surface area contributed by atoms with Gasteiger partial charge >= 0.3 is 16.4 Å². The number of aliphatic hydroxyl groups is 3. The summed E-state index contributed by atoms with van der Waals surface area (Å²) in [5.74, 6) is -0.414. The number of carbonyl (C=O) groups excluding carboxylic acids is 1. The van der Waals surface area contributed by atoms with Crippen molar-refractivity contribution in [2.45, 2.75) is 185 Å². The lowest BCUT2D eigenvalue weighted by Crippen LogP contribution is -2.60. The first-order valence-corrected chi connectivity index (χ1v) is 20.3. The van der Waals surface area contributed by atoms with Crippen LogP contribution in [0.5, 0.6) is 0 Å². The minimum Gasteiger partial charge on any atom is -0.457 e. The molecule has 6 unspecified atom stereocenters. The van der Waals surface area contributed by atoms with Crippen molar-refractivity contribution in [3.63, 3.8) is 0 Å². The van der Waals surface area contributed by atoms with E-state index in [0.29, 0.717) is 13.0 Å². The molecule has 0 amide bonds. The van der Waals surface area contributed by atoms with E-state index < -0.39 is 59.8 Å². The van der Waals surface area contributed by atoms with Gasteiger partial charge in [-0.05, 0) is 38.5 Å². The van der Waals surface area contributed by atoms with Crippen LogP contribution in [0, 0.1) is 0 Å². The van der Waals surface area contributed by atoms with Crippen LogP contribution < -0.4 is 0 Å². The summed E-state index contributed by atoms with van der Waals surface area (Å²) < 4.78 is 58.5. The number of ether oxygens (including phenoxy) is 4. The maximum atomic E-state index is 12.6. The SMILES string of the molecule is CCCCCCCCC/C=C\CCCCCCCCOCC(COC1OC(CO)C(O)C(OS(=O)(=O)O)C1O)OC(=O)CCCCCCC. The second-order valence-corrected chi connectivity index (χ2v) is 14.2. The Morgan fingerprint density at radius 1 is 0.755 bits per heavy atom. The zero-order valence-corrected chi connectivity index (χ0v) is 31.1. The lowest BCUT2D eigenvalue weighted by molar-refractivity contribution is -0.301. The Bertz CT molecular complexity index is 931. The van der Waals surface area contributed by atoms with E-state index in [9.17, 15) is 28.5 Å².